The van der Waals surface area contributed by atoms with Gasteiger partial charge in [-0.1, -0.05) is 0 Å². The number of anilines is 1. The highest BCUT2D eigenvalue weighted by molar-refractivity contribution is 6.13. The lowest BCUT2D eigenvalue weighted by Crippen LogP contribution is -2.14. The number of aromatic nitrogens is 2. The Morgan fingerprint density at radius 3 is 2.37 bits per heavy atom. The third-order valence-corrected chi connectivity index (χ3v) is 5.07. The van der Waals surface area contributed by atoms with Gasteiger partial charge in [-0.05, 0) is 69.3 Å². The average Bonchev–Trinajstić information content (AvgIpc) is 3.16. The van der Waals surface area contributed by atoms with E-state index < -0.39 is 11.9 Å². The van der Waals surface area contributed by atoms with E-state index in [1.807, 2.05) is 13.8 Å². The van der Waals surface area contributed by atoms with Gasteiger partial charge in [0.25, 0.3) is 0 Å². The van der Waals surface area contributed by atoms with Crippen LogP contribution in [0.2, 0.25) is 0 Å². The second kappa shape index (κ2) is 9.76. The van der Waals surface area contributed by atoms with Crippen LogP contribution < -0.4 is 15.2 Å². The molecule has 9 nitrogen and oxygen atoms in total. The first-order valence-corrected chi connectivity index (χ1v) is 11.0. The van der Waals surface area contributed by atoms with E-state index >= 15 is 0 Å². The van der Waals surface area contributed by atoms with Crippen LogP contribution in [0.3, 0.4) is 0 Å². The van der Waals surface area contributed by atoms with Gasteiger partial charge in [0.2, 0.25) is 5.88 Å². The number of pyridine rings is 1. The van der Waals surface area contributed by atoms with E-state index in [0.29, 0.717) is 39.7 Å². The minimum absolute atomic E-state index is 0.00720. The molecule has 2 heterocycles. The maximum atomic E-state index is 12.9. The van der Waals surface area contributed by atoms with Crippen LogP contribution in [0.15, 0.2) is 60.8 Å². The van der Waals surface area contributed by atoms with Gasteiger partial charge in [-0.15, -0.1) is 0 Å². The number of esters is 1. The summed E-state index contributed by atoms with van der Waals surface area (Å²) in [5.41, 5.74) is 6.95. The summed E-state index contributed by atoms with van der Waals surface area (Å²) in [4.78, 5) is 29.5. The van der Waals surface area contributed by atoms with Crippen molar-refractivity contribution in [1.82, 2.24) is 9.55 Å². The van der Waals surface area contributed by atoms with E-state index in [-0.39, 0.29) is 24.0 Å². The molecule has 4 rings (SSSR count). The quantitative estimate of drug-likeness (QED) is 0.339. The number of carboxylic acids is 1. The monoisotopic (exact) mass is 475 g/mol. The Kier molecular flexibility index (Phi) is 6.59. The normalized spacial score (nSPS) is 11.0. The fraction of sp³-hybridized carbons (Fsp3) is 0.192. The number of nitrogens with two attached hydrogens (primary N) is 1. The maximum absolute atomic E-state index is 12.9. The number of hydrogen-bond donors (Lipinski definition) is 2. The SMILES string of the molecule is CCOC(=O)c1c(C(=O)O)n(-c2ccc(OC(C)C)cc2)c2ccc(Oc3ccc(N)cn3)cc12. The molecule has 2 aromatic heterocycles. The Labute approximate surface area is 201 Å². The van der Waals surface area contributed by atoms with Crippen molar-refractivity contribution in [1.29, 1.82) is 0 Å². The summed E-state index contributed by atoms with van der Waals surface area (Å²) in [5.74, 6) is -0.690. The van der Waals surface area contributed by atoms with E-state index in [9.17, 15) is 14.7 Å². The summed E-state index contributed by atoms with van der Waals surface area (Å²) in [6.07, 6.45) is 1.45. The van der Waals surface area contributed by atoms with Crippen molar-refractivity contribution in [2.75, 3.05) is 12.3 Å². The number of carbonyl (C=O) groups excluding carboxylic acids is 1. The number of ether oxygens (including phenoxy) is 3. The van der Waals surface area contributed by atoms with Crippen LogP contribution in [0.5, 0.6) is 17.4 Å². The predicted octanol–water partition coefficient (Wildman–Crippen LogP) is 5.06. The minimum atomic E-state index is -1.27. The Hall–Kier alpha value is -4.53. The van der Waals surface area contributed by atoms with Gasteiger partial charge >= 0.3 is 11.9 Å². The van der Waals surface area contributed by atoms with Crippen molar-refractivity contribution >= 4 is 28.5 Å². The predicted molar refractivity (Wildman–Crippen MR) is 131 cm³/mol. The molecule has 0 fully saturated rings. The fourth-order valence-corrected chi connectivity index (χ4v) is 3.73. The summed E-state index contributed by atoms with van der Waals surface area (Å²) < 4.78 is 18.2. The van der Waals surface area contributed by atoms with Crippen LogP contribution in [0.25, 0.3) is 16.6 Å². The summed E-state index contributed by atoms with van der Waals surface area (Å²) in [7, 11) is 0. The number of carbonyl (C=O) groups is 2. The molecule has 0 radical (unpaired) electrons. The highest BCUT2D eigenvalue weighted by Crippen LogP contribution is 2.34. The highest BCUT2D eigenvalue weighted by atomic mass is 16.5. The first kappa shape index (κ1) is 23.6. The zero-order valence-electron chi connectivity index (χ0n) is 19.5. The van der Waals surface area contributed by atoms with Gasteiger partial charge in [-0.2, -0.15) is 0 Å². The third-order valence-electron chi connectivity index (χ3n) is 5.07. The molecule has 0 bridgehead atoms. The number of aromatic carboxylic acids is 1. The van der Waals surface area contributed by atoms with Gasteiger partial charge in [0, 0.05) is 17.1 Å². The number of carboxylic acid groups (broad SMARTS) is 1. The second-order valence-electron chi connectivity index (χ2n) is 7.96. The molecule has 0 saturated carbocycles. The van der Waals surface area contributed by atoms with Crippen molar-refractivity contribution in [3.63, 3.8) is 0 Å². The lowest BCUT2D eigenvalue weighted by molar-refractivity contribution is 0.0515. The Morgan fingerprint density at radius 2 is 1.77 bits per heavy atom. The molecule has 0 aliphatic heterocycles. The molecule has 0 aliphatic rings. The Morgan fingerprint density at radius 1 is 1.06 bits per heavy atom. The first-order valence-electron chi connectivity index (χ1n) is 11.0. The van der Waals surface area contributed by atoms with Gasteiger partial charge in [-0.25, -0.2) is 14.6 Å². The summed E-state index contributed by atoms with van der Waals surface area (Å²) in [6.45, 7) is 5.59. The lowest BCUT2D eigenvalue weighted by Gasteiger charge is -2.12. The van der Waals surface area contributed by atoms with Crippen LogP contribution in [-0.4, -0.2) is 39.3 Å². The van der Waals surface area contributed by atoms with E-state index in [0.717, 1.165) is 0 Å². The van der Waals surface area contributed by atoms with E-state index in [1.165, 1.54) is 10.8 Å². The molecule has 35 heavy (non-hydrogen) atoms. The molecule has 0 atom stereocenters. The first-order chi connectivity index (χ1) is 16.8. The van der Waals surface area contributed by atoms with Gasteiger partial charge < -0.3 is 29.6 Å². The number of fused-ring (bicyclic) bond motifs is 1. The van der Waals surface area contributed by atoms with Crippen molar-refractivity contribution in [2.24, 2.45) is 0 Å². The van der Waals surface area contributed by atoms with Crippen LogP contribution in [0.1, 0.15) is 41.6 Å². The molecule has 0 amide bonds. The molecule has 0 unspecified atom stereocenters. The average molecular weight is 476 g/mol. The van der Waals surface area contributed by atoms with Crippen LogP contribution in [-0.2, 0) is 4.74 Å². The minimum Gasteiger partial charge on any atom is -0.491 e. The van der Waals surface area contributed by atoms with Crippen molar-refractivity contribution in [2.45, 2.75) is 26.9 Å². The highest BCUT2D eigenvalue weighted by Gasteiger charge is 2.29. The van der Waals surface area contributed by atoms with Crippen LogP contribution in [0, 0.1) is 0 Å². The number of nitrogen functional groups attached to an aromatic ring is 1. The van der Waals surface area contributed by atoms with E-state index in [1.54, 1.807) is 61.5 Å². The zero-order valence-corrected chi connectivity index (χ0v) is 19.5. The number of nitrogens with zero attached hydrogens (tertiary/aromatic N) is 2. The number of hydrogen-bond acceptors (Lipinski definition) is 7. The molecule has 3 N–H and O–H groups in total. The summed E-state index contributed by atoms with van der Waals surface area (Å²) >= 11 is 0. The Bertz CT molecular complexity index is 1380. The van der Waals surface area contributed by atoms with Gasteiger partial charge in [-0.3, -0.25) is 0 Å². The number of rotatable bonds is 8. The van der Waals surface area contributed by atoms with Crippen molar-refractivity contribution in [3.05, 3.63) is 72.1 Å². The molecule has 0 saturated heterocycles. The summed E-state index contributed by atoms with van der Waals surface area (Å²) in [6, 6.07) is 15.2. The molecule has 2 aromatic carbocycles. The van der Waals surface area contributed by atoms with Crippen molar-refractivity contribution in [3.8, 4) is 23.1 Å². The molecule has 180 valence electrons. The molecular weight excluding hydrogens is 450 g/mol. The second-order valence-corrected chi connectivity index (χ2v) is 7.96. The maximum Gasteiger partial charge on any atom is 0.353 e. The molecule has 0 spiro atoms. The number of benzene rings is 2. The Balaban J connectivity index is 1.89. The van der Waals surface area contributed by atoms with Crippen LogP contribution in [0.4, 0.5) is 5.69 Å². The molecule has 0 aliphatic carbocycles. The fourth-order valence-electron chi connectivity index (χ4n) is 3.73. The van der Waals surface area contributed by atoms with Crippen molar-refractivity contribution < 1.29 is 28.9 Å². The van der Waals surface area contributed by atoms with E-state index in [2.05, 4.69) is 4.98 Å². The van der Waals surface area contributed by atoms with Crippen LogP contribution >= 0.6 is 0 Å². The van der Waals surface area contributed by atoms with E-state index in [4.69, 9.17) is 19.9 Å². The third kappa shape index (κ3) is 4.89. The molecule has 9 heteroatoms. The molecule has 4 aromatic rings. The van der Waals surface area contributed by atoms with Gasteiger partial charge in [0.1, 0.15) is 22.8 Å². The lowest BCUT2D eigenvalue weighted by atomic mass is 10.1. The van der Waals surface area contributed by atoms with Gasteiger partial charge in [0.15, 0.2) is 0 Å². The standard InChI is InChI=1S/C26H25N3O6/c1-4-33-26(32)23-20-13-19(35-22-12-5-16(27)14-28-22)10-11-21(20)29(24(23)25(30)31)17-6-8-18(9-7-17)34-15(2)3/h5-15H,4,27H2,1-3H3,(H,30,31). The largest absolute Gasteiger partial charge is 0.491 e. The zero-order chi connectivity index (χ0) is 25.1. The molecular formula is C26H25N3O6. The topological polar surface area (TPSA) is 126 Å². The van der Waals surface area contributed by atoms with Gasteiger partial charge in [0.05, 0.1) is 30.1 Å². The summed E-state index contributed by atoms with van der Waals surface area (Å²) in [5, 5.41) is 10.5. The smallest absolute Gasteiger partial charge is 0.353 e.